The predicted octanol–water partition coefficient (Wildman–Crippen LogP) is 3.76. The molecule has 0 aliphatic rings. The standard InChI is InChI=1S/C25H28O3Si/c1-18-16-21(24(27)28-5)23(26)22(17-18)29(25(2,3)4,19-12-8-6-9-13-19)20-14-10-7-11-15-20/h6-17,26H,1-5H3. The van der Waals surface area contributed by atoms with Crippen LogP contribution in [-0.4, -0.2) is 26.3 Å². The summed E-state index contributed by atoms with van der Waals surface area (Å²) in [5, 5.41) is 14.4. The van der Waals surface area contributed by atoms with Gasteiger partial charge in [0.1, 0.15) is 11.3 Å². The van der Waals surface area contributed by atoms with Crippen LogP contribution in [0.2, 0.25) is 5.04 Å². The minimum atomic E-state index is -2.75. The fourth-order valence-corrected chi connectivity index (χ4v) is 10.3. The third kappa shape index (κ3) is 3.49. The molecule has 0 spiro atoms. The summed E-state index contributed by atoms with van der Waals surface area (Å²) in [6, 6.07) is 24.5. The van der Waals surface area contributed by atoms with E-state index in [4.69, 9.17) is 4.74 Å². The molecule has 0 heterocycles. The van der Waals surface area contributed by atoms with Gasteiger partial charge in [0, 0.05) is 0 Å². The van der Waals surface area contributed by atoms with E-state index in [0.29, 0.717) is 0 Å². The first-order chi connectivity index (χ1) is 13.7. The molecule has 0 saturated carbocycles. The topological polar surface area (TPSA) is 46.5 Å². The van der Waals surface area contributed by atoms with Crippen molar-refractivity contribution in [2.75, 3.05) is 7.11 Å². The van der Waals surface area contributed by atoms with Gasteiger partial charge in [0.15, 0.2) is 8.07 Å². The van der Waals surface area contributed by atoms with E-state index in [-0.39, 0.29) is 16.4 Å². The van der Waals surface area contributed by atoms with Crippen molar-refractivity contribution < 1.29 is 14.6 Å². The Kier molecular flexibility index (Phi) is 5.67. The molecule has 0 atom stereocenters. The molecule has 0 fully saturated rings. The maximum absolute atomic E-state index is 12.4. The number of hydrogen-bond acceptors (Lipinski definition) is 3. The van der Waals surface area contributed by atoms with Gasteiger partial charge >= 0.3 is 5.97 Å². The second-order valence-corrected chi connectivity index (χ2v) is 13.1. The molecule has 0 unspecified atom stereocenters. The molecule has 4 heteroatoms. The SMILES string of the molecule is COC(=O)c1cc(C)cc([Si](c2ccccc2)(c2ccccc2)C(C)(C)C)c1O. The van der Waals surface area contributed by atoms with Crippen molar-refractivity contribution in [3.05, 3.63) is 83.9 Å². The van der Waals surface area contributed by atoms with Gasteiger partial charge in [-0.05, 0) is 33.6 Å². The molecule has 3 aromatic carbocycles. The first-order valence-corrected chi connectivity index (χ1v) is 11.8. The molecule has 3 rings (SSSR count). The number of ether oxygens (including phenoxy) is 1. The van der Waals surface area contributed by atoms with Crippen molar-refractivity contribution in [3.63, 3.8) is 0 Å². The van der Waals surface area contributed by atoms with E-state index in [9.17, 15) is 9.90 Å². The molecular formula is C25H28O3Si. The molecule has 1 N–H and O–H groups in total. The number of methoxy groups -OCH3 is 1. The van der Waals surface area contributed by atoms with Crippen molar-refractivity contribution in [2.24, 2.45) is 0 Å². The normalized spacial score (nSPS) is 11.9. The molecule has 3 nitrogen and oxygen atoms in total. The molecule has 0 saturated heterocycles. The van der Waals surface area contributed by atoms with Crippen LogP contribution in [0.1, 0.15) is 36.7 Å². The fourth-order valence-electron chi connectivity index (χ4n) is 4.45. The molecule has 0 aromatic heterocycles. The Balaban J connectivity index is 2.52. The Morgan fingerprint density at radius 2 is 1.38 bits per heavy atom. The van der Waals surface area contributed by atoms with Crippen LogP contribution in [0.5, 0.6) is 5.75 Å². The van der Waals surface area contributed by atoms with Crippen molar-refractivity contribution in [3.8, 4) is 5.75 Å². The number of benzene rings is 3. The van der Waals surface area contributed by atoms with Crippen LogP contribution in [0.15, 0.2) is 72.8 Å². The number of esters is 1. The lowest BCUT2D eigenvalue weighted by molar-refractivity contribution is 0.0597. The highest BCUT2D eigenvalue weighted by Gasteiger charge is 2.51. The van der Waals surface area contributed by atoms with E-state index in [1.807, 2.05) is 49.4 Å². The highest BCUT2D eigenvalue weighted by Crippen LogP contribution is 2.38. The number of hydrogen-bond donors (Lipinski definition) is 1. The van der Waals surface area contributed by atoms with Gasteiger partial charge in [-0.1, -0.05) is 93.1 Å². The van der Waals surface area contributed by atoms with Crippen molar-refractivity contribution >= 4 is 29.6 Å². The Morgan fingerprint density at radius 3 is 1.79 bits per heavy atom. The minimum absolute atomic E-state index is 0.0248. The average molecular weight is 405 g/mol. The molecule has 0 aliphatic carbocycles. The third-order valence-corrected chi connectivity index (χ3v) is 11.4. The zero-order chi connectivity index (χ0) is 21.2. The molecule has 150 valence electrons. The fraction of sp³-hybridized carbons (Fsp3) is 0.240. The summed E-state index contributed by atoms with van der Waals surface area (Å²) in [6.45, 7) is 8.61. The van der Waals surface area contributed by atoms with Crippen LogP contribution in [0.4, 0.5) is 0 Å². The predicted molar refractivity (Wildman–Crippen MR) is 121 cm³/mol. The molecule has 3 aromatic rings. The van der Waals surface area contributed by atoms with Crippen LogP contribution >= 0.6 is 0 Å². The van der Waals surface area contributed by atoms with Gasteiger partial charge in [0.25, 0.3) is 0 Å². The number of aryl methyl sites for hydroxylation is 1. The average Bonchev–Trinajstić information content (AvgIpc) is 2.70. The van der Waals surface area contributed by atoms with Gasteiger partial charge in [-0.25, -0.2) is 4.79 Å². The second kappa shape index (κ2) is 7.88. The number of phenols is 1. The lowest BCUT2D eigenvalue weighted by atomic mass is 10.1. The molecule has 0 aliphatic heterocycles. The van der Waals surface area contributed by atoms with Crippen molar-refractivity contribution in [1.29, 1.82) is 0 Å². The minimum Gasteiger partial charge on any atom is -0.507 e. The quantitative estimate of drug-likeness (QED) is 0.409. The van der Waals surface area contributed by atoms with E-state index < -0.39 is 14.0 Å². The van der Waals surface area contributed by atoms with Gasteiger partial charge in [-0.15, -0.1) is 0 Å². The lowest BCUT2D eigenvalue weighted by Gasteiger charge is -2.45. The van der Waals surface area contributed by atoms with Gasteiger partial charge in [0.05, 0.1) is 7.11 Å². The lowest BCUT2D eigenvalue weighted by Crippen LogP contribution is -2.72. The molecule has 0 radical (unpaired) electrons. The highest BCUT2D eigenvalue weighted by atomic mass is 28.3. The molecule has 0 amide bonds. The summed E-state index contributed by atoms with van der Waals surface area (Å²) >= 11 is 0. The maximum Gasteiger partial charge on any atom is 0.341 e. The van der Waals surface area contributed by atoms with Crippen LogP contribution in [0.3, 0.4) is 0 Å². The van der Waals surface area contributed by atoms with E-state index in [2.05, 4.69) is 45.0 Å². The molecule has 29 heavy (non-hydrogen) atoms. The summed E-state index contributed by atoms with van der Waals surface area (Å²) in [7, 11) is -1.41. The first-order valence-electron chi connectivity index (χ1n) is 9.77. The van der Waals surface area contributed by atoms with Gasteiger partial charge in [0.2, 0.25) is 0 Å². The van der Waals surface area contributed by atoms with Gasteiger partial charge in [-0.3, -0.25) is 0 Å². The van der Waals surface area contributed by atoms with Gasteiger partial charge in [-0.2, -0.15) is 0 Å². The molecule has 0 bridgehead atoms. The maximum atomic E-state index is 12.4. The summed E-state index contributed by atoms with van der Waals surface area (Å²) in [6.07, 6.45) is 0. The van der Waals surface area contributed by atoms with E-state index in [1.54, 1.807) is 6.07 Å². The smallest absolute Gasteiger partial charge is 0.341 e. The Morgan fingerprint density at radius 1 is 0.897 bits per heavy atom. The monoisotopic (exact) mass is 404 g/mol. The molecular weight excluding hydrogens is 376 g/mol. The van der Waals surface area contributed by atoms with E-state index in [0.717, 1.165) is 10.8 Å². The van der Waals surface area contributed by atoms with Crippen LogP contribution in [-0.2, 0) is 4.74 Å². The summed E-state index contributed by atoms with van der Waals surface area (Å²) in [5.41, 5.74) is 1.14. The Labute approximate surface area is 174 Å². The summed E-state index contributed by atoms with van der Waals surface area (Å²) in [5.74, 6) is -0.498. The Bertz CT molecular complexity index is 966. The van der Waals surface area contributed by atoms with E-state index >= 15 is 0 Å². The number of rotatable bonds is 4. The van der Waals surface area contributed by atoms with Crippen molar-refractivity contribution in [2.45, 2.75) is 32.7 Å². The summed E-state index contributed by atoms with van der Waals surface area (Å²) in [4.78, 5) is 12.4. The number of carbonyl (C=O) groups excluding carboxylic acids is 1. The first kappa shape index (κ1) is 20.9. The zero-order valence-electron chi connectivity index (χ0n) is 17.7. The Hall–Kier alpha value is -2.85. The van der Waals surface area contributed by atoms with Gasteiger partial charge < -0.3 is 9.84 Å². The van der Waals surface area contributed by atoms with Crippen LogP contribution < -0.4 is 15.6 Å². The largest absolute Gasteiger partial charge is 0.507 e. The second-order valence-electron chi connectivity index (χ2n) is 8.43. The van der Waals surface area contributed by atoms with Crippen LogP contribution in [0.25, 0.3) is 0 Å². The third-order valence-electron chi connectivity index (χ3n) is 5.60. The zero-order valence-corrected chi connectivity index (χ0v) is 18.7. The number of aromatic hydroxyl groups is 1. The number of phenolic OH excluding ortho intramolecular Hbond substituents is 1. The van der Waals surface area contributed by atoms with Crippen LogP contribution in [0, 0.1) is 6.92 Å². The summed E-state index contributed by atoms with van der Waals surface area (Å²) < 4.78 is 4.95. The number of carbonyl (C=O) groups is 1. The van der Waals surface area contributed by atoms with Crippen molar-refractivity contribution in [1.82, 2.24) is 0 Å². The highest BCUT2D eigenvalue weighted by molar-refractivity contribution is 7.13. The van der Waals surface area contributed by atoms with E-state index in [1.165, 1.54) is 17.5 Å².